The number of anilines is 1. The minimum absolute atomic E-state index is 0.107. The van der Waals surface area contributed by atoms with Crippen LogP contribution in [0.4, 0.5) is 5.69 Å². The van der Waals surface area contributed by atoms with Crippen molar-refractivity contribution in [3.63, 3.8) is 0 Å². The van der Waals surface area contributed by atoms with Crippen LogP contribution in [-0.2, 0) is 11.3 Å². The van der Waals surface area contributed by atoms with Crippen molar-refractivity contribution in [2.24, 2.45) is 0 Å². The Morgan fingerprint density at radius 1 is 1.04 bits per heavy atom. The van der Waals surface area contributed by atoms with Gasteiger partial charge >= 0.3 is 5.97 Å². The highest BCUT2D eigenvalue weighted by Crippen LogP contribution is 2.17. The van der Waals surface area contributed by atoms with E-state index in [1.165, 1.54) is 7.11 Å². The van der Waals surface area contributed by atoms with Crippen LogP contribution in [0.15, 0.2) is 53.3 Å². The first-order valence-corrected chi connectivity index (χ1v) is 8.58. The van der Waals surface area contributed by atoms with Crippen LogP contribution in [0.1, 0.15) is 33.3 Å². The highest BCUT2D eigenvalue weighted by Gasteiger charge is 2.12. The lowest BCUT2D eigenvalue weighted by Gasteiger charge is -2.13. The average molecular weight is 364 g/mol. The normalized spacial score (nSPS) is 10.6. The number of methoxy groups -OCH3 is 1. The van der Waals surface area contributed by atoms with Gasteiger partial charge in [0.05, 0.1) is 18.2 Å². The Kier molecular flexibility index (Phi) is 5.07. The average Bonchev–Trinajstić information content (AvgIpc) is 2.68. The van der Waals surface area contributed by atoms with Crippen molar-refractivity contribution >= 4 is 28.5 Å². The van der Waals surface area contributed by atoms with Gasteiger partial charge in [-0.3, -0.25) is 9.59 Å². The Hall–Kier alpha value is -3.41. The van der Waals surface area contributed by atoms with E-state index in [0.717, 1.165) is 17.8 Å². The van der Waals surface area contributed by atoms with Gasteiger partial charge in [0.15, 0.2) is 5.43 Å². The molecule has 138 valence electrons. The molecule has 1 N–H and O–H groups in total. The molecule has 0 radical (unpaired) electrons. The molecule has 6 nitrogen and oxygen atoms in total. The number of rotatable bonds is 4. The molecule has 2 aromatic carbocycles. The number of hydrogen-bond donors (Lipinski definition) is 1. The number of ether oxygens (including phenoxy) is 1. The fourth-order valence-electron chi connectivity index (χ4n) is 3.08. The summed E-state index contributed by atoms with van der Waals surface area (Å²) in [5, 5.41) is 3.28. The lowest BCUT2D eigenvalue weighted by molar-refractivity contribution is 0.0600. The summed E-state index contributed by atoms with van der Waals surface area (Å²) in [4.78, 5) is 36.4. The number of aryl methyl sites for hydroxylation is 2. The summed E-state index contributed by atoms with van der Waals surface area (Å²) in [7, 11) is 1.31. The SMILES string of the molecule is CCn1c(C)cc(=O)c2cc(C(=O)Nc3ccc(C(=O)OC)cc3)ccc21. The van der Waals surface area contributed by atoms with E-state index in [9.17, 15) is 14.4 Å². The quantitative estimate of drug-likeness (QED) is 0.720. The van der Waals surface area contributed by atoms with E-state index in [4.69, 9.17) is 0 Å². The van der Waals surface area contributed by atoms with Gasteiger partial charge in [-0.25, -0.2) is 4.79 Å². The fraction of sp³-hybridized carbons (Fsp3) is 0.190. The summed E-state index contributed by atoms with van der Waals surface area (Å²) >= 11 is 0. The monoisotopic (exact) mass is 364 g/mol. The molecule has 0 aliphatic carbocycles. The summed E-state index contributed by atoms with van der Waals surface area (Å²) < 4.78 is 6.68. The van der Waals surface area contributed by atoms with Gasteiger partial charge in [-0.05, 0) is 56.3 Å². The van der Waals surface area contributed by atoms with Crippen LogP contribution in [0.2, 0.25) is 0 Å². The molecule has 0 aliphatic heterocycles. The molecular weight excluding hydrogens is 344 g/mol. The van der Waals surface area contributed by atoms with Crippen LogP contribution in [0.5, 0.6) is 0 Å². The first kappa shape index (κ1) is 18.4. The van der Waals surface area contributed by atoms with Gasteiger partial charge in [0, 0.05) is 34.9 Å². The molecule has 1 heterocycles. The summed E-state index contributed by atoms with van der Waals surface area (Å²) in [6.07, 6.45) is 0. The fourth-order valence-corrected chi connectivity index (χ4v) is 3.08. The Balaban J connectivity index is 1.90. The second-order valence-electron chi connectivity index (χ2n) is 6.15. The number of carbonyl (C=O) groups excluding carboxylic acids is 2. The van der Waals surface area contributed by atoms with Crippen LogP contribution < -0.4 is 10.7 Å². The van der Waals surface area contributed by atoms with Crippen LogP contribution >= 0.6 is 0 Å². The second-order valence-corrected chi connectivity index (χ2v) is 6.15. The van der Waals surface area contributed by atoms with E-state index in [2.05, 4.69) is 10.1 Å². The molecule has 0 fully saturated rings. The molecule has 0 unspecified atom stereocenters. The van der Waals surface area contributed by atoms with Gasteiger partial charge in [0.1, 0.15) is 0 Å². The highest BCUT2D eigenvalue weighted by atomic mass is 16.5. The first-order valence-electron chi connectivity index (χ1n) is 8.58. The lowest BCUT2D eigenvalue weighted by atomic mass is 10.1. The number of fused-ring (bicyclic) bond motifs is 1. The van der Waals surface area contributed by atoms with Crippen molar-refractivity contribution < 1.29 is 14.3 Å². The lowest BCUT2D eigenvalue weighted by Crippen LogP contribution is -2.15. The maximum Gasteiger partial charge on any atom is 0.337 e. The zero-order chi connectivity index (χ0) is 19.6. The predicted molar refractivity (Wildman–Crippen MR) is 104 cm³/mol. The summed E-state index contributed by atoms with van der Waals surface area (Å²) in [5.74, 6) is -0.768. The summed E-state index contributed by atoms with van der Waals surface area (Å²) in [5.41, 5.74) is 2.92. The third kappa shape index (κ3) is 3.60. The zero-order valence-corrected chi connectivity index (χ0v) is 15.4. The largest absolute Gasteiger partial charge is 0.465 e. The molecule has 0 bridgehead atoms. The van der Waals surface area contributed by atoms with Gasteiger partial charge in [0.2, 0.25) is 0 Å². The van der Waals surface area contributed by atoms with E-state index in [0.29, 0.717) is 22.2 Å². The van der Waals surface area contributed by atoms with Crippen LogP contribution in [0.25, 0.3) is 10.9 Å². The van der Waals surface area contributed by atoms with Crippen molar-refractivity contribution in [1.82, 2.24) is 4.57 Å². The maximum atomic E-state index is 12.6. The minimum atomic E-state index is -0.440. The molecule has 0 saturated heterocycles. The Morgan fingerprint density at radius 2 is 1.70 bits per heavy atom. The van der Waals surface area contributed by atoms with E-state index < -0.39 is 5.97 Å². The molecule has 0 spiro atoms. The molecule has 6 heteroatoms. The Labute approximate surface area is 156 Å². The van der Waals surface area contributed by atoms with E-state index >= 15 is 0 Å². The number of amides is 1. The van der Waals surface area contributed by atoms with Gasteiger partial charge in [-0.1, -0.05) is 0 Å². The van der Waals surface area contributed by atoms with Gasteiger partial charge in [-0.2, -0.15) is 0 Å². The molecule has 0 aliphatic rings. The number of aromatic nitrogens is 1. The van der Waals surface area contributed by atoms with Crippen LogP contribution in [0, 0.1) is 6.92 Å². The van der Waals surface area contributed by atoms with Crippen LogP contribution in [-0.4, -0.2) is 23.6 Å². The van der Waals surface area contributed by atoms with E-state index in [1.807, 2.05) is 18.4 Å². The Morgan fingerprint density at radius 3 is 2.33 bits per heavy atom. The van der Waals surface area contributed by atoms with Crippen molar-refractivity contribution in [2.45, 2.75) is 20.4 Å². The molecule has 0 atom stereocenters. The summed E-state index contributed by atoms with van der Waals surface area (Å²) in [6, 6.07) is 13.1. The molecule has 3 aromatic rings. The maximum absolute atomic E-state index is 12.6. The zero-order valence-electron chi connectivity index (χ0n) is 15.4. The van der Waals surface area contributed by atoms with E-state index in [-0.39, 0.29) is 11.3 Å². The Bertz CT molecular complexity index is 1080. The molecule has 0 saturated carbocycles. The standard InChI is InChI=1S/C21H20N2O4/c1-4-23-13(2)11-19(24)17-12-15(7-10-18(17)23)20(25)22-16-8-5-14(6-9-16)21(26)27-3/h5-12H,4H2,1-3H3,(H,22,25). The molecule has 1 aromatic heterocycles. The summed E-state index contributed by atoms with van der Waals surface area (Å²) in [6.45, 7) is 4.64. The van der Waals surface area contributed by atoms with Gasteiger partial charge in [0.25, 0.3) is 5.91 Å². The number of hydrogen-bond acceptors (Lipinski definition) is 4. The number of benzene rings is 2. The number of carbonyl (C=O) groups is 2. The van der Waals surface area contributed by atoms with Gasteiger partial charge < -0.3 is 14.6 Å². The second kappa shape index (κ2) is 7.45. The first-order chi connectivity index (χ1) is 12.9. The smallest absolute Gasteiger partial charge is 0.337 e. The molecular formula is C21H20N2O4. The highest BCUT2D eigenvalue weighted by molar-refractivity contribution is 6.06. The van der Waals surface area contributed by atoms with Gasteiger partial charge in [-0.15, -0.1) is 0 Å². The van der Waals surface area contributed by atoms with E-state index in [1.54, 1.807) is 48.5 Å². The topological polar surface area (TPSA) is 77.4 Å². The third-order valence-corrected chi connectivity index (χ3v) is 4.46. The molecule has 1 amide bonds. The number of esters is 1. The van der Waals surface area contributed by atoms with Crippen molar-refractivity contribution in [3.05, 3.63) is 75.6 Å². The van der Waals surface area contributed by atoms with Crippen molar-refractivity contribution in [3.8, 4) is 0 Å². The number of nitrogens with one attached hydrogen (secondary N) is 1. The van der Waals surface area contributed by atoms with Crippen molar-refractivity contribution in [1.29, 1.82) is 0 Å². The number of nitrogens with zero attached hydrogens (tertiary/aromatic N) is 1. The minimum Gasteiger partial charge on any atom is -0.465 e. The molecule has 3 rings (SSSR count). The predicted octanol–water partition coefficient (Wildman–Crippen LogP) is 3.37. The number of pyridine rings is 1. The van der Waals surface area contributed by atoms with Crippen molar-refractivity contribution in [2.75, 3.05) is 12.4 Å². The molecule has 27 heavy (non-hydrogen) atoms. The van der Waals surface area contributed by atoms with Crippen LogP contribution in [0.3, 0.4) is 0 Å². The third-order valence-electron chi connectivity index (χ3n) is 4.46.